The van der Waals surface area contributed by atoms with Gasteiger partial charge in [0, 0.05) is 29.7 Å². The summed E-state index contributed by atoms with van der Waals surface area (Å²) in [6, 6.07) is 3.45. The number of aromatic nitrogens is 4. The van der Waals surface area contributed by atoms with Crippen LogP contribution in [0.5, 0.6) is 0 Å². The monoisotopic (exact) mass is 316 g/mol. The normalized spacial score (nSPS) is 17.6. The average molecular weight is 316 g/mol. The first-order valence-electron chi connectivity index (χ1n) is 5.86. The molecule has 1 atom stereocenters. The van der Waals surface area contributed by atoms with Gasteiger partial charge in [0.2, 0.25) is 0 Å². The first kappa shape index (κ1) is 13.8. The van der Waals surface area contributed by atoms with Crippen LogP contribution in [0.1, 0.15) is 0 Å². The van der Waals surface area contributed by atoms with Gasteiger partial charge in [0.05, 0.1) is 6.20 Å². The lowest BCUT2D eigenvalue weighted by Crippen LogP contribution is -2.19. The van der Waals surface area contributed by atoms with Crippen molar-refractivity contribution in [3.63, 3.8) is 0 Å². The Morgan fingerprint density at radius 3 is 2.19 bits per heavy atom. The standard InChI is InChI=1S/C12H8N6OS2/c19-10-9(21-12-15-5-2-6-16-12)8(7-17-18-10)20-11-13-3-1-4-14-11/h1-7,9H. The second-order valence-electron chi connectivity index (χ2n) is 3.75. The molecular formula is C12H8N6OS2. The van der Waals surface area contributed by atoms with E-state index in [1.807, 2.05) is 0 Å². The maximum absolute atomic E-state index is 12.0. The van der Waals surface area contributed by atoms with Gasteiger partial charge in [0.25, 0.3) is 5.91 Å². The summed E-state index contributed by atoms with van der Waals surface area (Å²) < 4.78 is 0. The van der Waals surface area contributed by atoms with Gasteiger partial charge in [0.15, 0.2) is 10.3 Å². The molecule has 0 spiro atoms. The van der Waals surface area contributed by atoms with E-state index >= 15 is 0 Å². The molecule has 1 aliphatic heterocycles. The molecule has 21 heavy (non-hydrogen) atoms. The van der Waals surface area contributed by atoms with E-state index in [1.165, 1.54) is 23.5 Å². The van der Waals surface area contributed by atoms with Gasteiger partial charge in [0.1, 0.15) is 5.25 Å². The molecule has 3 rings (SSSR count). The van der Waals surface area contributed by atoms with Crippen LogP contribution >= 0.6 is 23.5 Å². The number of hydrogen-bond acceptors (Lipinski definition) is 8. The van der Waals surface area contributed by atoms with Gasteiger partial charge >= 0.3 is 0 Å². The van der Waals surface area contributed by atoms with E-state index in [2.05, 4.69) is 30.2 Å². The van der Waals surface area contributed by atoms with Crippen LogP contribution in [-0.4, -0.2) is 31.1 Å². The molecule has 9 heteroatoms. The molecule has 1 amide bonds. The van der Waals surface area contributed by atoms with E-state index in [1.54, 1.807) is 43.1 Å². The molecule has 0 aliphatic carbocycles. The SMILES string of the molecule is O=C1N=NC=C(Sc2ncccn2)C1Sc1ncccn1. The molecule has 0 N–H and O–H groups in total. The minimum absolute atomic E-state index is 0.339. The van der Waals surface area contributed by atoms with Crippen molar-refractivity contribution in [1.29, 1.82) is 0 Å². The third-order valence-electron chi connectivity index (χ3n) is 2.34. The molecule has 0 fully saturated rings. The number of hydrogen-bond donors (Lipinski definition) is 0. The topological polar surface area (TPSA) is 93.3 Å². The summed E-state index contributed by atoms with van der Waals surface area (Å²) in [6.45, 7) is 0. The Labute approximate surface area is 128 Å². The Hall–Kier alpha value is -2.13. The molecule has 2 aromatic heterocycles. The molecular weight excluding hydrogens is 308 g/mol. The van der Waals surface area contributed by atoms with E-state index in [9.17, 15) is 4.79 Å². The Balaban J connectivity index is 1.81. The minimum Gasteiger partial charge on any atom is -0.269 e. The van der Waals surface area contributed by atoms with Gasteiger partial charge in [-0.05, 0) is 12.1 Å². The molecule has 0 radical (unpaired) electrons. The second kappa shape index (κ2) is 6.55. The van der Waals surface area contributed by atoms with Crippen LogP contribution in [0.4, 0.5) is 0 Å². The van der Waals surface area contributed by atoms with Gasteiger partial charge in [-0.3, -0.25) is 4.79 Å². The predicted molar refractivity (Wildman–Crippen MR) is 77.5 cm³/mol. The van der Waals surface area contributed by atoms with Gasteiger partial charge in [-0.15, -0.1) is 5.11 Å². The van der Waals surface area contributed by atoms with Gasteiger partial charge in [-0.25, -0.2) is 19.9 Å². The summed E-state index contributed by atoms with van der Waals surface area (Å²) in [5, 5.41) is 7.82. The molecule has 1 aliphatic rings. The van der Waals surface area contributed by atoms with Gasteiger partial charge < -0.3 is 0 Å². The van der Waals surface area contributed by atoms with Crippen LogP contribution in [0.25, 0.3) is 0 Å². The van der Waals surface area contributed by atoms with Crippen molar-refractivity contribution in [2.24, 2.45) is 10.2 Å². The lowest BCUT2D eigenvalue weighted by Gasteiger charge is -2.15. The van der Waals surface area contributed by atoms with Crippen LogP contribution in [0.2, 0.25) is 0 Å². The van der Waals surface area contributed by atoms with Crippen LogP contribution in [0.15, 0.2) is 68.6 Å². The van der Waals surface area contributed by atoms with Crippen LogP contribution < -0.4 is 0 Å². The largest absolute Gasteiger partial charge is 0.283 e. The highest BCUT2D eigenvalue weighted by Crippen LogP contribution is 2.37. The van der Waals surface area contributed by atoms with E-state index in [4.69, 9.17) is 0 Å². The number of carbonyl (C=O) groups is 1. The molecule has 0 saturated heterocycles. The van der Waals surface area contributed by atoms with Crippen molar-refractivity contribution in [1.82, 2.24) is 19.9 Å². The van der Waals surface area contributed by atoms with Crippen molar-refractivity contribution in [2.75, 3.05) is 0 Å². The van der Waals surface area contributed by atoms with E-state index in [0.29, 0.717) is 15.2 Å². The molecule has 0 bridgehead atoms. The summed E-state index contributed by atoms with van der Waals surface area (Å²) in [5.41, 5.74) is 0. The van der Waals surface area contributed by atoms with Gasteiger partial charge in [-0.2, -0.15) is 5.11 Å². The summed E-state index contributed by atoms with van der Waals surface area (Å²) in [4.78, 5) is 29.1. The Morgan fingerprint density at radius 1 is 0.905 bits per heavy atom. The summed E-state index contributed by atoms with van der Waals surface area (Å²) in [7, 11) is 0. The number of rotatable bonds is 4. The Bertz CT molecular complexity index is 691. The Morgan fingerprint density at radius 2 is 1.52 bits per heavy atom. The van der Waals surface area contributed by atoms with Crippen LogP contribution in [0.3, 0.4) is 0 Å². The second-order valence-corrected chi connectivity index (χ2v) is 5.86. The quantitative estimate of drug-likeness (QED) is 0.799. The van der Waals surface area contributed by atoms with Gasteiger partial charge in [-0.1, -0.05) is 23.5 Å². The molecule has 0 aromatic carbocycles. The maximum atomic E-state index is 12.0. The van der Waals surface area contributed by atoms with Crippen molar-refractivity contribution >= 4 is 29.4 Å². The lowest BCUT2D eigenvalue weighted by atomic mass is 10.4. The third kappa shape index (κ3) is 3.50. The fourth-order valence-corrected chi connectivity index (χ4v) is 3.28. The van der Waals surface area contributed by atoms with Crippen molar-refractivity contribution in [3.8, 4) is 0 Å². The lowest BCUT2D eigenvalue weighted by molar-refractivity contribution is -0.117. The van der Waals surface area contributed by atoms with Crippen LogP contribution in [-0.2, 0) is 4.79 Å². The zero-order valence-corrected chi connectivity index (χ0v) is 12.2. The van der Waals surface area contributed by atoms with Crippen molar-refractivity contribution < 1.29 is 4.79 Å². The molecule has 3 heterocycles. The summed E-state index contributed by atoms with van der Waals surface area (Å²) in [6.07, 6.45) is 8.08. The molecule has 1 unspecified atom stereocenters. The minimum atomic E-state index is -0.529. The highest BCUT2D eigenvalue weighted by atomic mass is 32.2. The molecule has 2 aromatic rings. The fourth-order valence-electron chi connectivity index (χ4n) is 1.47. The summed E-state index contributed by atoms with van der Waals surface area (Å²) in [5.74, 6) is -0.339. The molecule has 104 valence electrons. The number of amides is 1. The Kier molecular flexibility index (Phi) is 4.31. The smallest absolute Gasteiger partial charge is 0.269 e. The highest BCUT2D eigenvalue weighted by Gasteiger charge is 2.29. The zero-order valence-electron chi connectivity index (χ0n) is 10.5. The number of carbonyl (C=O) groups excluding carboxylic acids is 1. The summed E-state index contributed by atoms with van der Waals surface area (Å²) >= 11 is 2.51. The van der Waals surface area contributed by atoms with Crippen molar-refractivity contribution in [2.45, 2.75) is 15.6 Å². The predicted octanol–water partition coefficient (Wildman–Crippen LogP) is 2.35. The fraction of sp³-hybridized carbons (Fsp3) is 0.0833. The number of azo groups is 1. The average Bonchev–Trinajstić information content (AvgIpc) is 2.53. The third-order valence-corrected chi connectivity index (χ3v) is 4.57. The molecule has 0 saturated carbocycles. The van der Waals surface area contributed by atoms with E-state index < -0.39 is 5.25 Å². The van der Waals surface area contributed by atoms with E-state index in [0.717, 1.165) is 0 Å². The zero-order chi connectivity index (χ0) is 14.5. The van der Waals surface area contributed by atoms with E-state index in [-0.39, 0.29) is 5.91 Å². The number of nitrogens with zero attached hydrogens (tertiary/aromatic N) is 6. The van der Waals surface area contributed by atoms with Crippen molar-refractivity contribution in [3.05, 3.63) is 48.0 Å². The maximum Gasteiger partial charge on any atom is 0.283 e. The first-order chi connectivity index (χ1) is 10.3. The number of thioether (sulfide) groups is 2. The first-order valence-corrected chi connectivity index (χ1v) is 7.56. The van der Waals surface area contributed by atoms with Crippen LogP contribution in [0, 0.1) is 0 Å². The molecule has 7 nitrogen and oxygen atoms in total. The highest BCUT2D eigenvalue weighted by molar-refractivity contribution is 8.06.